The number of carbonyl (C=O) groups excluding carboxylic acids is 1. The second-order valence-corrected chi connectivity index (χ2v) is 5.52. The lowest BCUT2D eigenvalue weighted by Crippen LogP contribution is -2.29. The largest absolute Gasteiger partial charge is 0.481 e. The fraction of sp³-hybridized carbons (Fsp3) is 0.353. The van der Waals surface area contributed by atoms with Crippen LogP contribution in [-0.2, 0) is 4.79 Å². The normalized spacial score (nSPS) is 10.6. The van der Waals surface area contributed by atoms with E-state index in [1.807, 2.05) is 44.2 Å². The number of para-hydroxylation sites is 1. The number of carboxylic acid groups (broad SMARTS) is 1. The SMILES string of the molecule is Cc1nn(-c2ccccc2)c(C)c1C(=O)N(C)CCCC(=O)O. The zero-order valence-corrected chi connectivity index (χ0v) is 13.6. The van der Waals surface area contributed by atoms with Gasteiger partial charge >= 0.3 is 5.97 Å². The average molecular weight is 315 g/mol. The van der Waals surface area contributed by atoms with Crippen molar-refractivity contribution in [2.75, 3.05) is 13.6 Å². The van der Waals surface area contributed by atoms with E-state index in [1.165, 1.54) is 0 Å². The molecular weight excluding hydrogens is 294 g/mol. The minimum Gasteiger partial charge on any atom is -0.481 e. The van der Waals surface area contributed by atoms with Crippen molar-refractivity contribution in [3.05, 3.63) is 47.3 Å². The Morgan fingerprint density at radius 1 is 1.22 bits per heavy atom. The highest BCUT2D eigenvalue weighted by Gasteiger charge is 2.22. The van der Waals surface area contributed by atoms with Crippen molar-refractivity contribution < 1.29 is 14.7 Å². The first-order chi connectivity index (χ1) is 10.9. The number of benzene rings is 1. The summed E-state index contributed by atoms with van der Waals surface area (Å²) >= 11 is 0. The third-order valence-electron chi connectivity index (χ3n) is 3.74. The fourth-order valence-corrected chi connectivity index (χ4v) is 2.53. The molecule has 23 heavy (non-hydrogen) atoms. The maximum Gasteiger partial charge on any atom is 0.303 e. The summed E-state index contributed by atoms with van der Waals surface area (Å²) in [5.74, 6) is -0.984. The van der Waals surface area contributed by atoms with Crippen LogP contribution in [0.5, 0.6) is 0 Å². The number of hydrogen-bond donors (Lipinski definition) is 1. The van der Waals surface area contributed by atoms with Crippen molar-refractivity contribution in [1.82, 2.24) is 14.7 Å². The van der Waals surface area contributed by atoms with Gasteiger partial charge in [-0.2, -0.15) is 5.10 Å². The number of carbonyl (C=O) groups is 2. The Bertz CT molecular complexity index is 707. The molecule has 122 valence electrons. The van der Waals surface area contributed by atoms with E-state index in [-0.39, 0.29) is 12.3 Å². The lowest BCUT2D eigenvalue weighted by atomic mass is 10.1. The van der Waals surface area contributed by atoms with Gasteiger partial charge in [-0.1, -0.05) is 18.2 Å². The molecule has 0 bridgehead atoms. The molecule has 6 heteroatoms. The zero-order valence-electron chi connectivity index (χ0n) is 13.6. The Hall–Kier alpha value is -2.63. The summed E-state index contributed by atoms with van der Waals surface area (Å²) < 4.78 is 1.76. The molecule has 0 spiro atoms. The number of carboxylic acids is 1. The molecule has 2 aromatic rings. The number of aromatic nitrogens is 2. The van der Waals surface area contributed by atoms with Crippen LogP contribution >= 0.6 is 0 Å². The molecule has 0 unspecified atom stereocenters. The summed E-state index contributed by atoms with van der Waals surface area (Å²) in [5, 5.41) is 13.2. The van der Waals surface area contributed by atoms with Crippen molar-refractivity contribution in [2.45, 2.75) is 26.7 Å². The minimum absolute atomic E-state index is 0.0544. The van der Waals surface area contributed by atoms with Crippen LogP contribution in [0.15, 0.2) is 30.3 Å². The Morgan fingerprint density at radius 2 is 1.87 bits per heavy atom. The van der Waals surface area contributed by atoms with Crippen LogP contribution in [0.25, 0.3) is 5.69 Å². The highest BCUT2D eigenvalue weighted by molar-refractivity contribution is 5.96. The Labute approximate surface area is 135 Å². The number of nitrogens with zero attached hydrogens (tertiary/aromatic N) is 3. The first kappa shape index (κ1) is 16.7. The number of aryl methyl sites for hydroxylation is 1. The Balaban J connectivity index is 2.21. The van der Waals surface area contributed by atoms with Crippen LogP contribution in [0.2, 0.25) is 0 Å². The highest BCUT2D eigenvalue weighted by Crippen LogP contribution is 2.19. The van der Waals surface area contributed by atoms with Gasteiger partial charge in [0.25, 0.3) is 5.91 Å². The number of aliphatic carboxylic acids is 1. The van der Waals surface area contributed by atoms with Gasteiger partial charge in [0.2, 0.25) is 0 Å². The number of amides is 1. The second kappa shape index (κ2) is 7.09. The van der Waals surface area contributed by atoms with Crippen LogP contribution in [0.4, 0.5) is 0 Å². The molecule has 0 aliphatic rings. The van der Waals surface area contributed by atoms with E-state index >= 15 is 0 Å². The van der Waals surface area contributed by atoms with E-state index in [0.717, 1.165) is 11.4 Å². The molecule has 0 aliphatic carbocycles. The van der Waals surface area contributed by atoms with E-state index < -0.39 is 5.97 Å². The molecule has 1 aromatic heterocycles. The van der Waals surface area contributed by atoms with E-state index in [1.54, 1.807) is 16.6 Å². The average Bonchev–Trinajstić information content (AvgIpc) is 2.82. The molecule has 0 aliphatic heterocycles. The first-order valence-corrected chi connectivity index (χ1v) is 7.50. The van der Waals surface area contributed by atoms with Gasteiger partial charge in [-0.25, -0.2) is 4.68 Å². The van der Waals surface area contributed by atoms with Crippen molar-refractivity contribution in [3.63, 3.8) is 0 Å². The quantitative estimate of drug-likeness (QED) is 0.888. The fourth-order valence-electron chi connectivity index (χ4n) is 2.53. The molecule has 0 atom stereocenters. The molecule has 1 amide bonds. The van der Waals surface area contributed by atoms with E-state index in [2.05, 4.69) is 5.10 Å². The third-order valence-corrected chi connectivity index (χ3v) is 3.74. The molecule has 0 fully saturated rings. The summed E-state index contributed by atoms with van der Waals surface area (Å²) in [7, 11) is 1.68. The standard InChI is InChI=1S/C17H21N3O3/c1-12-16(17(23)19(3)11-7-10-15(21)22)13(2)20(18-12)14-8-5-4-6-9-14/h4-6,8-9H,7,10-11H2,1-3H3,(H,21,22). The van der Waals surface area contributed by atoms with Crippen LogP contribution in [-0.4, -0.2) is 45.3 Å². The topological polar surface area (TPSA) is 75.4 Å². The molecule has 0 saturated carbocycles. The van der Waals surface area contributed by atoms with Crippen molar-refractivity contribution in [3.8, 4) is 5.69 Å². The Kier molecular flexibility index (Phi) is 5.16. The third kappa shape index (κ3) is 3.77. The lowest BCUT2D eigenvalue weighted by molar-refractivity contribution is -0.137. The van der Waals surface area contributed by atoms with Crippen LogP contribution in [0.1, 0.15) is 34.6 Å². The van der Waals surface area contributed by atoms with Gasteiger partial charge in [-0.05, 0) is 32.4 Å². The maximum atomic E-state index is 12.6. The van der Waals surface area contributed by atoms with E-state index in [0.29, 0.717) is 24.2 Å². The van der Waals surface area contributed by atoms with Crippen molar-refractivity contribution in [1.29, 1.82) is 0 Å². The van der Waals surface area contributed by atoms with Gasteiger partial charge < -0.3 is 10.0 Å². The molecule has 6 nitrogen and oxygen atoms in total. The molecule has 1 aromatic carbocycles. The van der Waals surface area contributed by atoms with Gasteiger partial charge in [-0.3, -0.25) is 9.59 Å². The maximum absolute atomic E-state index is 12.6. The summed E-state index contributed by atoms with van der Waals surface area (Å²) in [5.41, 5.74) is 2.93. The minimum atomic E-state index is -0.852. The van der Waals surface area contributed by atoms with Crippen LogP contribution in [0, 0.1) is 13.8 Å². The monoisotopic (exact) mass is 315 g/mol. The van der Waals surface area contributed by atoms with Crippen LogP contribution in [0.3, 0.4) is 0 Å². The van der Waals surface area contributed by atoms with Crippen molar-refractivity contribution >= 4 is 11.9 Å². The van der Waals surface area contributed by atoms with Gasteiger partial charge in [0.1, 0.15) is 0 Å². The summed E-state index contributed by atoms with van der Waals surface area (Å²) in [6, 6.07) is 9.64. The molecule has 0 saturated heterocycles. The second-order valence-electron chi connectivity index (χ2n) is 5.52. The lowest BCUT2D eigenvalue weighted by Gasteiger charge is -2.17. The number of rotatable bonds is 6. The summed E-state index contributed by atoms with van der Waals surface area (Å²) in [4.78, 5) is 24.8. The summed E-state index contributed by atoms with van der Waals surface area (Å²) in [6.07, 6.45) is 0.487. The number of hydrogen-bond acceptors (Lipinski definition) is 3. The predicted octanol–water partition coefficient (Wildman–Crippen LogP) is 2.43. The van der Waals surface area contributed by atoms with Crippen molar-refractivity contribution in [2.24, 2.45) is 0 Å². The Morgan fingerprint density at radius 3 is 2.48 bits per heavy atom. The molecule has 0 radical (unpaired) electrons. The molecule has 1 heterocycles. The van der Waals surface area contributed by atoms with Gasteiger partial charge in [0, 0.05) is 20.0 Å². The molecule has 1 N–H and O–H groups in total. The van der Waals surface area contributed by atoms with E-state index in [9.17, 15) is 9.59 Å². The smallest absolute Gasteiger partial charge is 0.303 e. The predicted molar refractivity (Wildman–Crippen MR) is 86.9 cm³/mol. The highest BCUT2D eigenvalue weighted by atomic mass is 16.4. The van der Waals surface area contributed by atoms with Crippen LogP contribution < -0.4 is 0 Å². The van der Waals surface area contributed by atoms with Gasteiger partial charge in [0.05, 0.1) is 22.6 Å². The van der Waals surface area contributed by atoms with Gasteiger partial charge in [0.15, 0.2) is 0 Å². The van der Waals surface area contributed by atoms with E-state index in [4.69, 9.17) is 5.11 Å². The molecule has 2 rings (SSSR count). The molecular formula is C17H21N3O3. The van der Waals surface area contributed by atoms with Gasteiger partial charge in [-0.15, -0.1) is 0 Å². The first-order valence-electron chi connectivity index (χ1n) is 7.50. The zero-order chi connectivity index (χ0) is 17.0. The summed E-state index contributed by atoms with van der Waals surface area (Å²) in [6.45, 7) is 4.08.